The summed E-state index contributed by atoms with van der Waals surface area (Å²) in [5.41, 5.74) is 0.681. The Labute approximate surface area is 142 Å². The summed E-state index contributed by atoms with van der Waals surface area (Å²) in [5, 5.41) is -0.125. The lowest BCUT2D eigenvalue weighted by Gasteiger charge is -2.15. The van der Waals surface area contributed by atoms with Crippen molar-refractivity contribution in [1.29, 1.82) is 0 Å². The maximum absolute atomic E-state index is 12.2. The minimum absolute atomic E-state index is 0.109. The van der Waals surface area contributed by atoms with Crippen molar-refractivity contribution in [3.8, 4) is 17.2 Å². The first-order valence-electron chi connectivity index (χ1n) is 6.69. The zero-order chi connectivity index (χ0) is 17.5. The van der Waals surface area contributed by atoms with Crippen LogP contribution < -0.4 is 9.47 Å². The van der Waals surface area contributed by atoms with E-state index >= 15 is 0 Å². The fourth-order valence-corrected chi connectivity index (χ4v) is 3.21. The van der Waals surface area contributed by atoms with E-state index in [4.69, 9.17) is 21.1 Å². The number of nitrogens with zero attached hydrogens (tertiary/aromatic N) is 4. The first-order valence-corrected chi connectivity index (χ1v) is 8.96. The molecular formula is C14H13ClN4O4S. The molecule has 0 fully saturated rings. The topological polar surface area (TPSA) is 96.2 Å². The van der Waals surface area contributed by atoms with Crippen LogP contribution in [0, 0.1) is 0 Å². The second-order valence-corrected chi connectivity index (χ2v) is 7.15. The average molecular weight is 369 g/mol. The summed E-state index contributed by atoms with van der Waals surface area (Å²) in [6, 6.07) is 5.07. The smallest absolute Gasteiger partial charge is 0.236 e. The molecule has 0 amide bonds. The molecule has 0 radical (unpaired) electrons. The number of benzene rings is 1. The first kappa shape index (κ1) is 16.5. The van der Waals surface area contributed by atoms with Crippen LogP contribution in [0.1, 0.15) is 0 Å². The highest BCUT2D eigenvalue weighted by molar-refractivity contribution is 7.90. The molecule has 0 N–H and O–H groups in total. The zero-order valence-electron chi connectivity index (χ0n) is 13.0. The van der Waals surface area contributed by atoms with Gasteiger partial charge in [-0.3, -0.25) is 4.57 Å². The Hall–Kier alpha value is -2.39. The molecule has 0 unspecified atom stereocenters. The van der Waals surface area contributed by atoms with Gasteiger partial charge in [-0.2, -0.15) is 4.98 Å². The van der Waals surface area contributed by atoms with Gasteiger partial charge in [-0.1, -0.05) is 17.7 Å². The Kier molecular flexibility index (Phi) is 4.06. The Morgan fingerprint density at radius 3 is 2.29 bits per heavy atom. The zero-order valence-corrected chi connectivity index (χ0v) is 14.6. The van der Waals surface area contributed by atoms with E-state index in [1.165, 1.54) is 25.0 Å². The van der Waals surface area contributed by atoms with E-state index in [9.17, 15) is 8.42 Å². The van der Waals surface area contributed by atoms with Gasteiger partial charge in [0.25, 0.3) is 0 Å². The van der Waals surface area contributed by atoms with Crippen molar-refractivity contribution in [2.24, 2.45) is 0 Å². The molecule has 0 aliphatic rings. The number of ether oxygens (including phenoxy) is 2. The number of sulfone groups is 1. The van der Waals surface area contributed by atoms with Gasteiger partial charge < -0.3 is 9.47 Å². The summed E-state index contributed by atoms with van der Waals surface area (Å²) in [4.78, 5) is 12.3. The number of hydrogen-bond donors (Lipinski definition) is 0. The van der Waals surface area contributed by atoms with E-state index in [1.807, 2.05) is 0 Å². The summed E-state index contributed by atoms with van der Waals surface area (Å²) >= 11 is 5.92. The Balaban J connectivity index is 2.52. The van der Waals surface area contributed by atoms with Gasteiger partial charge in [0.05, 0.1) is 20.4 Å². The molecule has 0 saturated carbocycles. The van der Waals surface area contributed by atoms with Crippen LogP contribution in [-0.4, -0.2) is 48.4 Å². The number of imidazole rings is 1. The first-order chi connectivity index (χ1) is 11.4. The number of halogens is 1. The second-order valence-electron chi connectivity index (χ2n) is 4.85. The molecular weight excluding hydrogens is 356 g/mol. The fraction of sp³-hybridized carbons (Fsp3) is 0.214. The van der Waals surface area contributed by atoms with Crippen molar-refractivity contribution < 1.29 is 17.9 Å². The molecule has 0 spiro atoms. The highest BCUT2D eigenvalue weighted by atomic mass is 35.5. The fourth-order valence-electron chi connectivity index (χ4n) is 2.31. The minimum Gasteiger partial charge on any atom is -0.494 e. The third-order valence-corrected chi connectivity index (χ3v) is 4.39. The molecule has 3 aromatic rings. The predicted octanol–water partition coefficient (Wildman–Crippen LogP) is 1.89. The number of aromatic nitrogens is 4. The standard InChI is InChI=1S/C14H13ClN4O4S/c1-22-8-5-4-6-9(23-2)11(8)19-13-12(16-7-10(15)17-13)18-14(19)24(3,20)21/h4-7H,1-3H3. The number of para-hydroxylation sites is 1. The molecule has 0 aliphatic heterocycles. The molecule has 0 aliphatic carbocycles. The van der Waals surface area contributed by atoms with Gasteiger partial charge in [-0.15, -0.1) is 0 Å². The van der Waals surface area contributed by atoms with E-state index < -0.39 is 9.84 Å². The molecule has 2 heterocycles. The van der Waals surface area contributed by atoms with Gasteiger partial charge in [0.2, 0.25) is 15.0 Å². The van der Waals surface area contributed by atoms with E-state index in [-0.39, 0.29) is 21.6 Å². The monoisotopic (exact) mass is 368 g/mol. The van der Waals surface area contributed by atoms with Gasteiger partial charge in [-0.25, -0.2) is 18.4 Å². The van der Waals surface area contributed by atoms with Crippen molar-refractivity contribution in [2.75, 3.05) is 20.5 Å². The SMILES string of the molecule is COc1cccc(OC)c1-n1c(S(C)(=O)=O)nc2ncc(Cl)nc21. The molecule has 10 heteroatoms. The molecule has 8 nitrogen and oxygen atoms in total. The minimum atomic E-state index is -3.69. The maximum Gasteiger partial charge on any atom is 0.236 e. The van der Waals surface area contributed by atoms with E-state index in [1.54, 1.807) is 18.2 Å². The second kappa shape index (κ2) is 5.91. The normalized spacial score (nSPS) is 11.7. The predicted molar refractivity (Wildman–Crippen MR) is 87.9 cm³/mol. The maximum atomic E-state index is 12.2. The number of rotatable bonds is 4. The van der Waals surface area contributed by atoms with Crippen LogP contribution in [0.15, 0.2) is 29.6 Å². The highest BCUT2D eigenvalue weighted by Gasteiger charge is 2.26. The number of fused-ring (bicyclic) bond motifs is 1. The lowest BCUT2D eigenvalue weighted by Crippen LogP contribution is -2.10. The van der Waals surface area contributed by atoms with Crippen molar-refractivity contribution in [1.82, 2.24) is 19.5 Å². The van der Waals surface area contributed by atoms with Crippen LogP contribution in [0.5, 0.6) is 11.5 Å². The van der Waals surface area contributed by atoms with Crippen molar-refractivity contribution in [2.45, 2.75) is 5.16 Å². The van der Waals surface area contributed by atoms with Crippen LogP contribution in [0.2, 0.25) is 5.15 Å². The van der Waals surface area contributed by atoms with Crippen LogP contribution in [0.25, 0.3) is 17.0 Å². The summed E-state index contributed by atoms with van der Waals surface area (Å²) < 4.78 is 36.5. The summed E-state index contributed by atoms with van der Waals surface area (Å²) in [5.74, 6) is 0.778. The van der Waals surface area contributed by atoms with Crippen LogP contribution in [-0.2, 0) is 9.84 Å². The molecule has 2 aromatic heterocycles. The largest absolute Gasteiger partial charge is 0.494 e. The van der Waals surface area contributed by atoms with Crippen LogP contribution in [0.3, 0.4) is 0 Å². The van der Waals surface area contributed by atoms with Gasteiger partial charge in [-0.05, 0) is 12.1 Å². The Morgan fingerprint density at radius 2 is 1.75 bits per heavy atom. The molecule has 3 rings (SSSR count). The molecule has 0 atom stereocenters. The molecule has 0 saturated heterocycles. The van der Waals surface area contributed by atoms with Gasteiger partial charge in [0.1, 0.15) is 22.3 Å². The van der Waals surface area contributed by atoms with Gasteiger partial charge >= 0.3 is 0 Å². The van der Waals surface area contributed by atoms with Crippen LogP contribution in [0.4, 0.5) is 0 Å². The third kappa shape index (κ3) is 2.65. The molecule has 24 heavy (non-hydrogen) atoms. The quantitative estimate of drug-likeness (QED) is 0.693. The summed E-state index contributed by atoms with van der Waals surface area (Å²) in [7, 11) is -0.752. The van der Waals surface area contributed by atoms with E-state index in [2.05, 4.69) is 15.0 Å². The number of hydrogen-bond acceptors (Lipinski definition) is 7. The Bertz CT molecular complexity index is 1010. The summed E-state index contributed by atoms with van der Waals surface area (Å²) in [6.45, 7) is 0. The van der Waals surface area contributed by atoms with Crippen molar-refractivity contribution >= 4 is 32.7 Å². The van der Waals surface area contributed by atoms with Crippen molar-refractivity contribution in [3.05, 3.63) is 29.5 Å². The van der Waals surface area contributed by atoms with Crippen LogP contribution >= 0.6 is 11.6 Å². The lowest BCUT2D eigenvalue weighted by molar-refractivity contribution is 0.390. The average Bonchev–Trinajstić information content (AvgIpc) is 2.92. The van der Waals surface area contributed by atoms with E-state index in [0.29, 0.717) is 17.2 Å². The summed E-state index contributed by atoms with van der Waals surface area (Å²) in [6.07, 6.45) is 2.35. The molecule has 1 aromatic carbocycles. The highest BCUT2D eigenvalue weighted by Crippen LogP contribution is 2.36. The lowest BCUT2D eigenvalue weighted by atomic mass is 10.2. The number of methoxy groups -OCH3 is 2. The Morgan fingerprint density at radius 1 is 1.12 bits per heavy atom. The molecule has 126 valence electrons. The van der Waals surface area contributed by atoms with E-state index in [0.717, 1.165) is 6.26 Å². The third-order valence-electron chi connectivity index (χ3n) is 3.27. The van der Waals surface area contributed by atoms with Crippen molar-refractivity contribution in [3.63, 3.8) is 0 Å². The van der Waals surface area contributed by atoms with Gasteiger partial charge in [0, 0.05) is 6.26 Å². The van der Waals surface area contributed by atoms with Gasteiger partial charge in [0.15, 0.2) is 11.3 Å². The molecule has 0 bridgehead atoms.